The Kier molecular flexibility index (Phi) is 10.2. The summed E-state index contributed by atoms with van der Waals surface area (Å²) in [6.45, 7) is 0. The van der Waals surface area contributed by atoms with Gasteiger partial charge >= 0.3 is 7.12 Å². The highest BCUT2D eigenvalue weighted by atomic mass is 79.9. The van der Waals surface area contributed by atoms with E-state index in [1.165, 1.54) is 5.56 Å². The molecule has 90 heavy (non-hydrogen) atoms. The normalized spacial score (nSPS) is 14.0. The van der Waals surface area contributed by atoms with E-state index in [-0.39, 0.29) is 107 Å². The first kappa shape index (κ1) is 39.8. The molecule has 4 nitrogen and oxygen atoms in total. The summed E-state index contributed by atoms with van der Waals surface area (Å²) < 4.78 is 153. The van der Waals surface area contributed by atoms with Gasteiger partial charge in [0.1, 0.15) is 22.3 Å². The van der Waals surface area contributed by atoms with Crippen molar-refractivity contribution in [2.75, 3.05) is 0 Å². The molecule has 2 heterocycles. The van der Waals surface area contributed by atoms with Crippen molar-refractivity contribution >= 4 is 137 Å². The quantitative estimate of drug-likeness (QED) is 0.129. The molecule has 0 unspecified atom stereocenters. The maximum atomic E-state index is 9.31. The molecule has 2 N–H and O–H groups in total. The molecule has 16 aromatic carbocycles. The maximum absolute atomic E-state index is 9.31. The molecular formula is C84H54BBrO4. The van der Waals surface area contributed by atoms with Gasteiger partial charge in [-0.25, -0.2) is 0 Å². The molecule has 0 spiro atoms. The molecule has 0 fully saturated rings. The van der Waals surface area contributed by atoms with Crippen LogP contribution < -0.4 is 5.46 Å². The molecule has 6 heteroatoms. The van der Waals surface area contributed by atoms with Crippen molar-refractivity contribution < 1.29 is 40.8 Å². The summed E-state index contributed by atoms with van der Waals surface area (Å²) in [5.74, 6) is 0. The largest absolute Gasteiger partial charge is 0.488 e. The molecule has 0 aliphatic rings. The Labute approximate surface area is 550 Å². The summed E-state index contributed by atoms with van der Waals surface area (Å²) in [4.78, 5) is 0. The average molecular weight is 1230 g/mol. The summed E-state index contributed by atoms with van der Waals surface area (Å²) in [5.41, 5.74) is 9.48. The smallest absolute Gasteiger partial charge is 0.455 e. The highest BCUT2D eigenvalue weighted by Crippen LogP contribution is 2.48. The summed E-state index contributed by atoms with van der Waals surface area (Å²) >= 11 is 3.44. The Morgan fingerprint density at radius 3 is 1.08 bits per heavy atom. The second-order valence-corrected chi connectivity index (χ2v) is 22.5. The van der Waals surface area contributed by atoms with E-state index in [9.17, 15) is 15.5 Å². The van der Waals surface area contributed by atoms with Crippen LogP contribution in [0.5, 0.6) is 0 Å². The summed E-state index contributed by atoms with van der Waals surface area (Å²) in [6.07, 6.45) is 0. The molecule has 18 rings (SSSR count). The molecule has 0 aliphatic carbocycles. The van der Waals surface area contributed by atoms with Crippen molar-refractivity contribution in [3.05, 3.63) is 320 Å². The van der Waals surface area contributed by atoms with E-state index < -0.39 is 55.5 Å². The van der Waals surface area contributed by atoms with Crippen molar-refractivity contribution in [1.29, 1.82) is 0 Å². The third kappa shape index (κ3) is 9.66. The molecule has 18 aromatic rings. The number of hydrogen-bond acceptors (Lipinski definition) is 4. The van der Waals surface area contributed by atoms with Gasteiger partial charge in [0.05, 0.1) is 21.9 Å². The van der Waals surface area contributed by atoms with E-state index >= 15 is 0 Å². The van der Waals surface area contributed by atoms with Crippen molar-refractivity contribution in [3.8, 4) is 55.6 Å². The molecule has 0 aliphatic heterocycles. The minimum atomic E-state index is -1.42. The number of fused-ring (bicyclic) bond motifs is 12. The summed E-state index contributed by atoms with van der Waals surface area (Å²) in [6, 6.07) is 63.7. The molecule has 0 bridgehead atoms. The number of rotatable bonds is 6. The minimum absolute atomic E-state index is 0.140. The lowest BCUT2D eigenvalue weighted by atomic mass is 9.79. The van der Waals surface area contributed by atoms with Gasteiger partial charge in [0.15, 0.2) is 0 Å². The van der Waals surface area contributed by atoms with Crippen LogP contribution in [-0.2, 0) is 0 Å². The van der Waals surface area contributed by atoms with E-state index in [0.717, 1.165) is 59.8 Å². The van der Waals surface area contributed by atoms with Gasteiger partial charge in [-0.05, 0) is 150 Å². The van der Waals surface area contributed by atoms with E-state index in [1.807, 2.05) is 164 Å². The Morgan fingerprint density at radius 2 is 0.633 bits per heavy atom. The number of furan rings is 2. The Bertz CT molecular complexity index is 6630. The molecule has 0 amide bonds. The SMILES string of the molecule is OB(O)c1ccc2cc(-c3ccccc3)ccc2c1.[2H]c1c([2H])c([2H])c2c(-c3cccc4c3oc3ccccc34)c3c([2H])c([2H])c([2H])c([2H])c3c(-c3ccc4cc(-c5ccccc5)ccc4c3)c2c1[2H].[2H]c1c([2H])c([2H])c2c(-c3cccc4c3oc3ccccc34)c3c([2H])c([2H])c([2H])c([2H])c3c(Br)c2c1[2H]. The van der Waals surface area contributed by atoms with Crippen LogP contribution in [0.15, 0.2) is 328 Å². The number of para-hydroxylation sites is 4. The van der Waals surface area contributed by atoms with E-state index in [2.05, 4.69) is 40.2 Å². The van der Waals surface area contributed by atoms with Gasteiger partial charge in [-0.2, -0.15) is 0 Å². The van der Waals surface area contributed by atoms with Crippen LogP contribution in [0, 0.1) is 0 Å². The standard InChI is InChI=1S/C42H26O.C26H15BrO.C16H13BO2/c1-2-11-27(12-3-1)28-21-22-30-26-31(24-23-29(30)25-28)40-33-14-4-6-16-35(33)41(36-17-7-5-15-34(36)40)38-19-10-18-37-32-13-8-9-20-39(32)43-42(37)38;27-25-19-11-3-1-9-17(19)24(18-10-2-4-12-20(18)25)22-14-7-13-21-16-8-5-6-15-23(16)28-26(21)22;18-17(19)16-9-8-14-10-13(6-7-15(14)11-16)12-4-2-1-3-5-12/h1-26H;1-15H;1-11,18-19H/i4D,5D,6D,7D,14D,15D,16D,17D;1D,2D,3D,4D,9D,10D,11D,12D;. The van der Waals surface area contributed by atoms with Gasteiger partial charge in [-0.15, -0.1) is 0 Å². The lowest BCUT2D eigenvalue weighted by Gasteiger charge is -2.18. The highest BCUT2D eigenvalue weighted by molar-refractivity contribution is 9.10. The molecule has 0 saturated heterocycles. The first-order chi connectivity index (χ1) is 51.0. The van der Waals surface area contributed by atoms with Gasteiger partial charge in [0, 0.05) is 48.3 Å². The predicted molar refractivity (Wildman–Crippen MR) is 384 cm³/mol. The van der Waals surface area contributed by atoms with Crippen molar-refractivity contribution in [2.45, 2.75) is 0 Å². The van der Waals surface area contributed by atoms with Crippen LogP contribution in [0.3, 0.4) is 0 Å². The molecule has 0 saturated carbocycles. The third-order valence-electron chi connectivity index (χ3n) is 16.5. The monoisotopic (exact) mass is 1230 g/mol. The molecule has 0 radical (unpaired) electrons. The third-order valence-corrected chi connectivity index (χ3v) is 17.3. The van der Waals surface area contributed by atoms with Crippen LogP contribution >= 0.6 is 15.9 Å². The highest BCUT2D eigenvalue weighted by Gasteiger charge is 2.22. The van der Waals surface area contributed by atoms with Crippen LogP contribution in [0.25, 0.3) is 164 Å². The topological polar surface area (TPSA) is 66.7 Å². The van der Waals surface area contributed by atoms with Crippen molar-refractivity contribution in [2.24, 2.45) is 0 Å². The zero-order valence-corrected chi connectivity index (χ0v) is 49.0. The summed E-state index contributed by atoms with van der Waals surface area (Å²) in [7, 11) is -1.42. The maximum Gasteiger partial charge on any atom is 0.488 e. The lowest BCUT2D eigenvalue weighted by molar-refractivity contribution is 0.426. The van der Waals surface area contributed by atoms with Crippen molar-refractivity contribution in [3.63, 3.8) is 0 Å². The Balaban J connectivity index is 0.000000135. The van der Waals surface area contributed by atoms with Gasteiger partial charge in [-0.1, -0.05) is 285 Å². The van der Waals surface area contributed by atoms with Crippen LogP contribution in [0.1, 0.15) is 21.9 Å². The molecular weight excluding hydrogens is 1160 g/mol. The van der Waals surface area contributed by atoms with E-state index in [4.69, 9.17) is 25.3 Å². The van der Waals surface area contributed by atoms with Gasteiger partial charge in [-0.3, -0.25) is 0 Å². The number of benzene rings is 16. The molecule has 0 atom stereocenters. The van der Waals surface area contributed by atoms with Crippen LogP contribution in [-0.4, -0.2) is 17.2 Å². The fraction of sp³-hybridized carbons (Fsp3) is 0. The second-order valence-electron chi connectivity index (χ2n) is 21.7. The summed E-state index contributed by atoms with van der Waals surface area (Å²) in [5, 5.41) is 26.8. The van der Waals surface area contributed by atoms with E-state index in [1.54, 1.807) is 30.3 Å². The average Bonchev–Trinajstić information content (AvgIpc) is 1.47. The fourth-order valence-corrected chi connectivity index (χ4v) is 13.0. The first-order valence-electron chi connectivity index (χ1n) is 37.0. The van der Waals surface area contributed by atoms with Gasteiger partial charge in [0.2, 0.25) is 0 Å². The van der Waals surface area contributed by atoms with E-state index in [0.29, 0.717) is 50.0 Å². The predicted octanol–water partition coefficient (Wildman–Crippen LogP) is 22.6. The number of hydrogen-bond donors (Lipinski definition) is 2. The van der Waals surface area contributed by atoms with Crippen molar-refractivity contribution in [1.82, 2.24) is 0 Å². The lowest BCUT2D eigenvalue weighted by Crippen LogP contribution is -2.29. The second kappa shape index (κ2) is 23.0. The Hall–Kier alpha value is -10.9. The van der Waals surface area contributed by atoms with Crippen LogP contribution in [0.2, 0.25) is 0 Å². The molecule has 424 valence electrons. The zero-order chi connectivity index (χ0) is 74.2. The number of halogens is 1. The Morgan fingerprint density at radius 1 is 0.289 bits per heavy atom. The van der Waals surface area contributed by atoms with Crippen LogP contribution in [0.4, 0.5) is 0 Å². The zero-order valence-electron chi connectivity index (χ0n) is 63.5. The molecule has 2 aromatic heterocycles. The minimum Gasteiger partial charge on any atom is -0.455 e. The fourth-order valence-electron chi connectivity index (χ4n) is 12.4. The van der Waals surface area contributed by atoms with Gasteiger partial charge in [0.25, 0.3) is 0 Å². The van der Waals surface area contributed by atoms with Gasteiger partial charge < -0.3 is 18.9 Å². The first-order valence-corrected chi connectivity index (χ1v) is 29.8.